The SMILES string of the molecule is CN(C)CCCN1CCOCC1CCl. The van der Waals surface area contributed by atoms with E-state index in [9.17, 15) is 0 Å². The van der Waals surface area contributed by atoms with E-state index in [-0.39, 0.29) is 0 Å². The molecule has 1 fully saturated rings. The van der Waals surface area contributed by atoms with Crippen LogP contribution >= 0.6 is 11.6 Å². The fraction of sp³-hybridized carbons (Fsp3) is 1.00. The summed E-state index contributed by atoms with van der Waals surface area (Å²) in [6, 6.07) is 0.424. The predicted octanol–water partition coefficient (Wildman–Crippen LogP) is 0.878. The van der Waals surface area contributed by atoms with Crippen molar-refractivity contribution < 1.29 is 4.74 Å². The molecule has 1 atom stereocenters. The van der Waals surface area contributed by atoms with Crippen molar-refractivity contribution in [2.24, 2.45) is 0 Å². The molecular formula is C10H21ClN2O. The molecule has 1 heterocycles. The lowest BCUT2D eigenvalue weighted by atomic mass is 10.2. The molecular weight excluding hydrogens is 200 g/mol. The van der Waals surface area contributed by atoms with Gasteiger partial charge < -0.3 is 9.64 Å². The number of morpholine rings is 1. The molecule has 1 rings (SSSR count). The minimum atomic E-state index is 0.424. The van der Waals surface area contributed by atoms with Gasteiger partial charge in [0.25, 0.3) is 0 Å². The Kier molecular flexibility index (Phi) is 5.78. The van der Waals surface area contributed by atoms with Crippen molar-refractivity contribution >= 4 is 11.6 Å². The Morgan fingerprint density at radius 1 is 1.50 bits per heavy atom. The number of rotatable bonds is 5. The van der Waals surface area contributed by atoms with E-state index in [2.05, 4.69) is 23.9 Å². The molecule has 4 heteroatoms. The molecule has 0 aromatic rings. The maximum Gasteiger partial charge on any atom is 0.0634 e. The lowest BCUT2D eigenvalue weighted by Gasteiger charge is -2.34. The molecule has 1 aliphatic heterocycles. The highest BCUT2D eigenvalue weighted by Crippen LogP contribution is 2.08. The summed E-state index contributed by atoms with van der Waals surface area (Å²) < 4.78 is 5.39. The quantitative estimate of drug-likeness (QED) is 0.640. The Labute approximate surface area is 92.0 Å². The maximum absolute atomic E-state index is 5.88. The fourth-order valence-electron chi connectivity index (χ4n) is 1.72. The van der Waals surface area contributed by atoms with Crippen LogP contribution in [0, 0.1) is 0 Å². The van der Waals surface area contributed by atoms with Crippen molar-refractivity contribution in [3.8, 4) is 0 Å². The summed E-state index contributed by atoms with van der Waals surface area (Å²) in [7, 11) is 4.22. The second-order valence-corrected chi connectivity index (χ2v) is 4.38. The van der Waals surface area contributed by atoms with Crippen molar-refractivity contribution in [2.75, 3.05) is 52.8 Å². The first-order chi connectivity index (χ1) is 6.74. The average molecular weight is 221 g/mol. The highest BCUT2D eigenvalue weighted by atomic mass is 35.5. The molecule has 1 aliphatic rings. The zero-order valence-electron chi connectivity index (χ0n) is 9.21. The zero-order valence-corrected chi connectivity index (χ0v) is 9.96. The summed E-state index contributed by atoms with van der Waals surface area (Å²) in [5.74, 6) is 0.683. The van der Waals surface area contributed by atoms with Gasteiger partial charge in [-0.05, 0) is 33.6 Å². The molecule has 0 N–H and O–H groups in total. The van der Waals surface area contributed by atoms with Crippen LogP contribution in [0.2, 0.25) is 0 Å². The van der Waals surface area contributed by atoms with Crippen LogP contribution in [0.4, 0.5) is 0 Å². The third kappa shape index (κ3) is 4.13. The van der Waals surface area contributed by atoms with Crippen LogP contribution in [-0.4, -0.2) is 68.7 Å². The van der Waals surface area contributed by atoms with E-state index in [4.69, 9.17) is 16.3 Å². The zero-order chi connectivity index (χ0) is 10.4. The van der Waals surface area contributed by atoms with Gasteiger partial charge in [0.15, 0.2) is 0 Å². The third-order valence-electron chi connectivity index (χ3n) is 2.58. The summed E-state index contributed by atoms with van der Waals surface area (Å²) >= 11 is 5.88. The van der Waals surface area contributed by atoms with Gasteiger partial charge in [-0.15, -0.1) is 11.6 Å². The molecule has 0 amide bonds. The molecule has 0 bridgehead atoms. The van der Waals surface area contributed by atoms with Crippen molar-refractivity contribution in [3.63, 3.8) is 0 Å². The van der Waals surface area contributed by atoms with Crippen molar-refractivity contribution in [1.29, 1.82) is 0 Å². The van der Waals surface area contributed by atoms with Gasteiger partial charge in [-0.25, -0.2) is 0 Å². The highest BCUT2D eigenvalue weighted by molar-refractivity contribution is 6.18. The molecule has 84 valence electrons. The Hall–Kier alpha value is 0.170. The predicted molar refractivity (Wildman–Crippen MR) is 60.1 cm³/mol. The van der Waals surface area contributed by atoms with Gasteiger partial charge in [0, 0.05) is 18.5 Å². The molecule has 1 unspecified atom stereocenters. The van der Waals surface area contributed by atoms with Gasteiger partial charge in [0.2, 0.25) is 0 Å². The lowest BCUT2D eigenvalue weighted by Crippen LogP contribution is -2.47. The summed E-state index contributed by atoms with van der Waals surface area (Å²) in [6.07, 6.45) is 1.21. The van der Waals surface area contributed by atoms with Gasteiger partial charge >= 0.3 is 0 Å². The van der Waals surface area contributed by atoms with E-state index >= 15 is 0 Å². The second kappa shape index (κ2) is 6.62. The van der Waals surface area contributed by atoms with Gasteiger partial charge in [0.05, 0.1) is 13.2 Å². The Morgan fingerprint density at radius 3 is 2.93 bits per heavy atom. The number of hydrogen-bond donors (Lipinski definition) is 0. The number of halogens is 1. The van der Waals surface area contributed by atoms with E-state index < -0.39 is 0 Å². The van der Waals surface area contributed by atoms with Gasteiger partial charge in [-0.1, -0.05) is 0 Å². The number of nitrogens with zero attached hydrogens (tertiary/aromatic N) is 2. The highest BCUT2D eigenvalue weighted by Gasteiger charge is 2.21. The van der Waals surface area contributed by atoms with Crippen molar-refractivity contribution in [2.45, 2.75) is 12.5 Å². The molecule has 0 aromatic heterocycles. The monoisotopic (exact) mass is 220 g/mol. The van der Waals surface area contributed by atoms with Gasteiger partial charge in [0.1, 0.15) is 0 Å². The Balaban J connectivity index is 2.19. The maximum atomic E-state index is 5.88. The Bertz CT molecular complexity index is 155. The minimum Gasteiger partial charge on any atom is -0.378 e. The first kappa shape index (κ1) is 12.2. The standard InChI is InChI=1S/C10H21ClN2O/c1-12(2)4-3-5-13-6-7-14-9-10(13)8-11/h10H,3-9H2,1-2H3. The van der Waals surface area contributed by atoms with Crippen LogP contribution < -0.4 is 0 Å². The largest absolute Gasteiger partial charge is 0.378 e. The molecule has 0 spiro atoms. The van der Waals surface area contributed by atoms with Gasteiger partial charge in [-0.3, -0.25) is 4.90 Å². The minimum absolute atomic E-state index is 0.424. The van der Waals surface area contributed by atoms with Crippen LogP contribution in [0.3, 0.4) is 0 Å². The number of alkyl halides is 1. The van der Waals surface area contributed by atoms with E-state index in [1.807, 2.05) is 0 Å². The van der Waals surface area contributed by atoms with E-state index in [1.54, 1.807) is 0 Å². The smallest absolute Gasteiger partial charge is 0.0634 e. The fourth-order valence-corrected chi connectivity index (χ4v) is 2.00. The summed E-state index contributed by atoms with van der Waals surface area (Å²) in [5, 5.41) is 0. The third-order valence-corrected chi connectivity index (χ3v) is 2.93. The van der Waals surface area contributed by atoms with Crippen LogP contribution in [0.1, 0.15) is 6.42 Å². The normalized spacial score (nSPS) is 24.4. The van der Waals surface area contributed by atoms with E-state index in [1.165, 1.54) is 6.42 Å². The molecule has 0 saturated carbocycles. The van der Waals surface area contributed by atoms with Crippen molar-refractivity contribution in [3.05, 3.63) is 0 Å². The lowest BCUT2D eigenvalue weighted by molar-refractivity contribution is 0.0000306. The number of hydrogen-bond acceptors (Lipinski definition) is 3. The van der Waals surface area contributed by atoms with Crippen LogP contribution in [0.5, 0.6) is 0 Å². The Morgan fingerprint density at radius 2 is 2.29 bits per heavy atom. The molecule has 3 nitrogen and oxygen atoms in total. The van der Waals surface area contributed by atoms with Crippen molar-refractivity contribution in [1.82, 2.24) is 9.80 Å². The topological polar surface area (TPSA) is 15.7 Å². The first-order valence-corrected chi connectivity index (χ1v) is 5.80. The summed E-state index contributed by atoms with van der Waals surface area (Å²) in [5.41, 5.74) is 0. The van der Waals surface area contributed by atoms with E-state index in [0.717, 1.165) is 32.8 Å². The molecule has 1 saturated heterocycles. The molecule has 14 heavy (non-hydrogen) atoms. The molecule has 0 radical (unpaired) electrons. The molecule has 0 aliphatic carbocycles. The van der Waals surface area contributed by atoms with Crippen LogP contribution in [-0.2, 0) is 4.74 Å². The summed E-state index contributed by atoms with van der Waals surface area (Å²) in [6.45, 7) is 4.97. The van der Waals surface area contributed by atoms with Crippen LogP contribution in [0.25, 0.3) is 0 Å². The average Bonchev–Trinajstić information content (AvgIpc) is 2.18. The van der Waals surface area contributed by atoms with Gasteiger partial charge in [-0.2, -0.15) is 0 Å². The number of ether oxygens (including phenoxy) is 1. The second-order valence-electron chi connectivity index (χ2n) is 4.08. The molecule has 0 aromatic carbocycles. The van der Waals surface area contributed by atoms with E-state index in [0.29, 0.717) is 11.9 Å². The van der Waals surface area contributed by atoms with Crippen LogP contribution in [0.15, 0.2) is 0 Å². The first-order valence-electron chi connectivity index (χ1n) is 5.26. The summed E-state index contributed by atoms with van der Waals surface area (Å²) in [4.78, 5) is 4.66.